The van der Waals surface area contributed by atoms with E-state index in [-0.39, 0.29) is 5.91 Å². The van der Waals surface area contributed by atoms with E-state index in [0.29, 0.717) is 30.6 Å². The van der Waals surface area contributed by atoms with Crippen molar-refractivity contribution >= 4 is 17.2 Å². The Morgan fingerprint density at radius 2 is 2.16 bits per heavy atom. The minimum atomic E-state index is 0.116. The average Bonchev–Trinajstić information content (AvgIpc) is 3.29. The fourth-order valence-electron chi connectivity index (χ4n) is 2.72. The van der Waals surface area contributed by atoms with Gasteiger partial charge in [0.15, 0.2) is 18.0 Å². The zero-order valence-electron chi connectivity index (χ0n) is 14.8. The van der Waals surface area contributed by atoms with Gasteiger partial charge < -0.3 is 19.7 Å². The standard InChI is InChI=1S/C18H23N3O3S/c1-21(10-16(22)19-12-7-8-12)9-13-11-25-18(20-13)14-5-4-6-15(23-2)17(14)24-3/h4-6,11-12H,7-10H2,1-3H3,(H,19,22)/p+1. The molecule has 0 aliphatic heterocycles. The molecule has 3 rings (SSSR count). The normalized spacial score (nSPS) is 14.8. The van der Waals surface area contributed by atoms with Crippen LogP contribution < -0.4 is 19.7 Å². The summed E-state index contributed by atoms with van der Waals surface area (Å²) in [7, 11) is 5.27. The molecular formula is C18H24N3O3S+. The SMILES string of the molecule is COc1cccc(-c2nc(C[NH+](C)CC(=O)NC3CC3)cs2)c1OC. The lowest BCUT2D eigenvalue weighted by molar-refractivity contribution is -0.885. The number of amides is 1. The summed E-state index contributed by atoms with van der Waals surface area (Å²) in [5, 5.41) is 5.95. The van der Waals surface area contributed by atoms with E-state index in [1.54, 1.807) is 25.6 Å². The highest BCUT2D eigenvalue weighted by molar-refractivity contribution is 7.13. The number of benzene rings is 1. The zero-order chi connectivity index (χ0) is 17.8. The number of carbonyl (C=O) groups excluding carboxylic acids is 1. The molecule has 0 spiro atoms. The third-order valence-corrected chi connectivity index (χ3v) is 5.00. The predicted molar refractivity (Wildman–Crippen MR) is 97.3 cm³/mol. The molecule has 1 aliphatic rings. The van der Waals surface area contributed by atoms with Crippen molar-refractivity contribution in [1.29, 1.82) is 0 Å². The molecule has 1 aliphatic carbocycles. The van der Waals surface area contributed by atoms with Crippen LogP contribution in [0.4, 0.5) is 0 Å². The summed E-state index contributed by atoms with van der Waals surface area (Å²) in [5.41, 5.74) is 1.89. The molecule has 6 nitrogen and oxygen atoms in total. The molecule has 134 valence electrons. The minimum Gasteiger partial charge on any atom is -0.493 e. The molecular weight excluding hydrogens is 338 g/mol. The topological polar surface area (TPSA) is 64.9 Å². The van der Waals surface area contributed by atoms with Gasteiger partial charge in [0.25, 0.3) is 5.91 Å². The van der Waals surface area contributed by atoms with Crippen LogP contribution in [-0.2, 0) is 11.3 Å². The number of rotatable bonds is 8. The Bertz CT molecular complexity index is 743. The molecule has 1 heterocycles. The summed E-state index contributed by atoms with van der Waals surface area (Å²) in [6.45, 7) is 1.17. The van der Waals surface area contributed by atoms with Crippen molar-refractivity contribution in [2.45, 2.75) is 25.4 Å². The van der Waals surface area contributed by atoms with Gasteiger partial charge in [-0.2, -0.15) is 0 Å². The van der Waals surface area contributed by atoms with Crippen molar-refractivity contribution in [3.63, 3.8) is 0 Å². The number of methoxy groups -OCH3 is 2. The van der Waals surface area contributed by atoms with Crippen LogP contribution >= 0.6 is 11.3 Å². The van der Waals surface area contributed by atoms with E-state index < -0.39 is 0 Å². The fraction of sp³-hybridized carbons (Fsp3) is 0.444. The van der Waals surface area contributed by atoms with Crippen molar-refractivity contribution in [2.75, 3.05) is 27.8 Å². The van der Waals surface area contributed by atoms with Gasteiger partial charge in [0.1, 0.15) is 17.2 Å². The summed E-state index contributed by atoms with van der Waals surface area (Å²) in [6, 6.07) is 6.18. The second kappa shape index (κ2) is 7.84. The molecule has 1 aromatic carbocycles. The van der Waals surface area contributed by atoms with E-state index in [1.165, 1.54) is 0 Å². The van der Waals surface area contributed by atoms with Crippen LogP contribution in [0.25, 0.3) is 10.6 Å². The van der Waals surface area contributed by atoms with Crippen molar-refractivity contribution < 1.29 is 19.2 Å². The Hall–Kier alpha value is -2.12. The van der Waals surface area contributed by atoms with Crippen molar-refractivity contribution in [3.05, 3.63) is 29.3 Å². The summed E-state index contributed by atoms with van der Waals surface area (Å²) in [4.78, 5) is 17.7. The summed E-state index contributed by atoms with van der Waals surface area (Å²) >= 11 is 1.57. The molecule has 1 unspecified atom stereocenters. The molecule has 7 heteroatoms. The summed E-state index contributed by atoms with van der Waals surface area (Å²) in [5.74, 6) is 1.50. The van der Waals surface area contributed by atoms with Gasteiger partial charge >= 0.3 is 0 Å². The number of carbonyl (C=O) groups is 1. The van der Waals surface area contributed by atoms with Gasteiger partial charge in [-0.05, 0) is 25.0 Å². The quantitative estimate of drug-likeness (QED) is 0.739. The van der Waals surface area contributed by atoms with E-state index >= 15 is 0 Å². The first-order chi connectivity index (χ1) is 12.1. The largest absolute Gasteiger partial charge is 0.493 e. The summed E-state index contributed by atoms with van der Waals surface area (Å²) < 4.78 is 10.8. The smallest absolute Gasteiger partial charge is 0.275 e. The van der Waals surface area contributed by atoms with E-state index in [1.807, 2.05) is 30.6 Å². The van der Waals surface area contributed by atoms with E-state index in [0.717, 1.165) is 34.0 Å². The molecule has 0 bridgehead atoms. The number of likely N-dealkylation sites (N-methyl/N-ethyl adjacent to an activating group) is 1. The Morgan fingerprint density at radius 1 is 1.36 bits per heavy atom. The molecule has 1 amide bonds. The van der Waals surface area contributed by atoms with Crippen molar-refractivity contribution in [3.8, 4) is 22.1 Å². The van der Waals surface area contributed by atoms with E-state index in [2.05, 4.69) is 5.32 Å². The lowest BCUT2D eigenvalue weighted by Crippen LogP contribution is -3.09. The van der Waals surface area contributed by atoms with Gasteiger partial charge in [-0.3, -0.25) is 4.79 Å². The lowest BCUT2D eigenvalue weighted by atomic mass is 10.2. The van der Waals surface area contributed by atoms with Crippen LogP contribution in [0, 0.1) is 0 Å². The van der Waals surface area contributed by atoms with Gasteiger partial charge in [-0.15, -0.1) is 11.3 Å². The van der Waals surface area contributed by atoms with E-state index in [9.17, 15) is 4.79 Å². The van der Waals surface area contributed by atoms with Crippen LogP contribution in [0.2, 0.25) is 0 Å². The number of ether oxygens (including phenoxy) is 2. The number of para-hydroxylation sites is 1. The average molecular weight is 362 g/mol. The number of nitrogens with zero attached hydrogens (tertiary/aromatic N) is 1. The number of hydrogen-bond donors (Lipinski definition) is 2. The van der Waals surface area contributed by atoms with Crippen LogP contribution in [0.5, 0.6) is 11.5 Å². The lowest BCUT2D eigenvalue weighted by Gasteiger charge is -2.12. The monoisotopic (exact) mass is 362 g/mol. The molecule has 1 atom stereocenters. The zero-order valence-corrected chi connectivity index (χ0v) is 15.6. The van der Waals surface area contributed by atoms with Crippen LogP contribution in [-0.4, -0.2) is 44.7 Å². The maximum absolute atomic E-state index is 11.9. The van der Waals surface area contributed by atoms with Crippen LogP contribution in [0.3, 0.4) is 0 Å². The number of hydrogen-bond acceptors (Lipinski definition) is 5. The van der Waals surface area contributed by atoms with Gasteiger partial charge in [-0.25, -0.2) is 4.98 Å². The Kier molecular flexibility index (Phi) is 5.55. The van der Waals surface area contributed by atoms with Crippen LogP contribution in [0.15, 0.2) is 23.6 Å². The highest BCUT2D eigenvalue weighted by atomic mass is 32.1. The predicted octanol–water partition coefficient (Wildman–Crippen LogP) is 1.12. The highest BCUT2D eigenvalue weighted by Crippen LogP contribution is 2.38. The second-order valence-electron chi connectivity index (χ2n) is 6.34. The second-order valence-corrected chi connectivity index (χ2v) is 7.20. The maximum atomic E-state index is 11.9. The Balaban J connectivity index is 1.67. The third-order valence-electron chi connectivity index (χ3n) is 4.07. The first-order valence-electron chi connectivity index (χ1n) is 8.37. The van der Waals surface area contributed by atoms with Gasteiger partial charge in [0.05, 0.1) is 26.8 Å². The van der Waals surface area contributed by atoms with Crippen molar-refractivity contribution in [2.24, 2.45) is 0 Å². The highest BCUT2D eigenvalue weighted by Gasteiger charge is 2.24. The number of aromatic nitrogens is 1. The third kappa shape index (κ3) is 4.49. The van der Waals surface area contributed by atoms with Crippen molar-refractivity contribution in [1.82, 2.24) is 10.3 Å². The Labute approximate surface area is 151 Å². The van der Waals surface area contributed by atoms with Gasteiger partial charge in [0, 0.05) is 11.4 Å². The first-order valence-corrected chi connectivity index (χ1v) is 9.25. The molecule has 25 heavy (non-hydrogen) atoms. The fourth-order valence-corrected chi connectivity index (χ4v) is 3.56. The number of nitrogens with one attached hydrogen (secondary N) is 2. The molecule has 0 saturated heterocycles. The molecule has 2 N–H and O–H groups in total. The van der Waals surface area contributed by atoms with Gasteiger partial charge in [0.2, 0.25) is 0 Å². The Morgan fingerprint density at radius 3 is 2.84 bits per heavy atom. The van der Waals surface area contributed by atoms with Crippen LogP contribution in [0.1, 0.15) is 18.5 Å². The maximum Gasteiger partial charge on any atom is 0.275 e. The van der Waals surface area contributed by atoms with E-state index in [4.69, 9.17) is 14.5 Å². The first kappa shape index (κ1) is 17.7. The molecule has 0 radical (unpaired) electrons. The molecule has 1 saturated carbocycles. The number of thiazole rings is 1. The molecule has 1 aromatic heterocycles. The minimum absolute atomic E-state index is 0.116. The molecule has 1 fully saturated rings. The number of quaternary nitrogens is 1. The molecule has 2 aromatic rings. The van der Waals surface area contributed by atoms with Gasteiger partial charge in [-0.1, -0.05) is 6.07 Å². The summed E-state index contributed by atoms with van der Waals surface area (Å²) in [6.07, 6.45) is 2.23.